The molecule has 0 aromatic carbocycles. The number of hydrogen-bond donors (Lipinski definition) is 1. The molecule has 0 saturated carbocycles. The molecule has 1 atom stereocenters. The van der Waals surface area contributed by atoms with Gasteiger partial charge in [-0.3, -0.25) is 15.1 Å². The third-order valence-corrected chi connectivity index (χ3v) is 4.89. The van der Waals surface area contributed by atoms with Crippen LogP contribution in [-0.2, 0) is 9.53 Å². The van der Waals surface area contributed by atoms with Gasteiger partial charge in [0.25, 0.3) is 0 Å². The highest BCUT2D eigenvalue weighted by molar-refractivity contribution is 7.99. The molecule has 0 bridgehead atoms. The maximum absolute atomic E-state index is 12.6. The molecule has 1 N–H and O–H groups in total. The first kappa shape index (κ1) is 20.7. The number of carbonyl (C=O) groups is 1. The van der Waals surface area contributed by atoms with Crippen LogP contribution in [0.3, 0.4) is 0 Å². The zero-order valence-corrected chi connectivity index (χ0v) is 16.8. The maximum atomic E-state index is 12.6. The van der Waals surface area contributed by atoms with E-state index < -0.39 is 0 Å². The highest BCUT2D eigenvalue weighted by Crippen LogP contribution is 2.26. The first-order valence-corrected chi connectivity index (χ1v) is 9.89. The SMILES string of the molecule is CCSC(NC)OCCC(=O)N(CC)c1cn(-c2cccnc2)nc1Cl. The van der Waals surface area contributed by atoms with Gasteiger partial charge in [0.1, 0.15) is 5.69 Å². The summed E-state index contributed by atoms with van der Waals surface area (Å²) in [6.45, 7) is 4.79. The number of aromatic nitrogens is 3. The quantitative estimate of drug-likeness (QED) is 0.621. The summed E-state index contributed by atoms with van der Waals surface area (Å²) in [4.78, 5) is 18.3. The van der Waals surface area contributed by atoms with Gasteiger partial charge in [-0.25, -0.2) is 4.68 Å². The van der Waals surface area contributed by atoms with Gasteiger partial charge in [-0.2, -0.15) is 5.10 Å². The third kappa shape index (κ3) is 5.44. The van der Waals surface area contributed by atoms with Gasteiger partial charge >= 0.3 is 0 Å². The van der Waals surface area contributed by atoms with Gasteiger partial charge in [-0.05, 0) is 31.9 Å². The van der Waals surface area contributed by atoms with E-state index in [9.17, 15) is 4.79 Å². The van der Waals surface area contributed by atoms with Crippen molar-refractivity contribution in [2.24, 2.45) is 0 Å². The summed E-state index contributed by atoms with van der Waals surface area (Å²) >= 11 is 7.91. The summed E-state index contributed by atoms with van der Waals surface area (Å²) < 4.78 is 7.30. The second-order valence-corrected chi connectivity index (χ2v) is 6.99. The molecule has 26 heavy (non-hydrogen) atoms. The normalized spacial score (nSPS) is 12.2. The number of hydrogen-bond acceptors (Lipinski definition) is 6. The lowest BCUT2D eigenvalue weighted by molar-refractivity contribution is -0.119. The van der Waals surface area contributed by atoms with Crippen molar-refractivity contribution in [3.05, 3.63) is 35.9 Å². The van der Waals surface area contributed by atoms with Crippen molar-refractivity contribution in [1.82, 2.24) is 20.1 Å². The number of nitrogens with one attached hydrogen (secondary N) is 1. The van der Waals surface area contributed by atoms with E-state index in [1.807, 2.05) is 26.1 Å². The third-order valence-electron chi connectivity index (χ3n) is 3.61. The lowest BCUT2D eigenvalue weighted by atomic mass is 10.3. The largest absolute Gasteiger partial charge is 0.353 e. The van der Waals surface area contributed by atoms with Gasteiger partial charge in [0.2, 0.25) is 5.91 Å². The lowest BCUT2D eigenvalue weighted by Gasteiger charge is -2.20. The number of anilines is 1. The molecule has 0 aliphatic heterocycles. The minimum atomic E-state index is -0.111. The Hall–Kier alpha value is -1.61. The van der Waals surface area contributed by atoms with Gasteiger partial charge in [0.15, 0.2) is 10.7 Å². The second-order valence-electron chi connectivity index (χ2n) is 5.30. The van der Waals surface area contributed by atoms with E-state index in [0.717, 1.165) is 11.4 Å². The van der Waals surface area contributed by atoms with Crippen molar-refractivity contribution >= 4 is 35.0 Å². The average Bonchev–Trinajstić information content (AvgIpc) is 3.04. The molecule has 0 spiro atoms. The molecule has 0 saturated heterocycles. The van der Waals surface area contributed by atoms with Crippen LogP contribution in [0.4, 0.5) is 5.69 Å². The Morgan fingerprint density at radius 2 is 2.31 bits per heavy atom. The van der Waals surface area contributed by atoms with Crippen molar-refractivity contribution in [2.75, 3.05) is 30.9 Å². The first-order chi connectivity index (χ1) is 12.6. The molecule has 2 aromatic rings. The number of ether oxygens (including phenoxy) is 1. The topological polar surface area (TPSA) is 72.3 Å². The number of pyridine rings is 1. The van der Waals surface area contributed by atoms with Crippen molar-refractivity contribution in [3.63, 3.8) is 0 Å². The highest BCUT2D eigenvalue weighted by atomic mass is 35.5. The smallest absolute Gasteiger partial charge is 0.229 e. The van der Waals surface area contributed by atoms with Crippen LogP contribution < -0.4 is 10.2 Å². The van der Waals surface area contributed by atoms with Crippen molar-refractivity contribution in [2.45, 2.75) is 25.8 Å². The zero-order valence-electron chi connectivity index (χ0n) is 15.2. The molecule has 2 rings (SSSR count). The predicted molar refractivity (Wildman–Crippen MR) is 106 cm³/mol. The van der Waals surface area contributed by atoms with Gasteiger partial charge in [0.05, 0.1) is 31.1 Å². The maximum Gasteiger partial charge on any atom is 0.229 e. The Kier molecular flexibility index (Phi) is 8.37. The van der Waals surface area contributed by atoms with Gasteiger partial charge in [-0.15, -0.1) is 11.8 Å². The molecule has 1 amide bonds. The van der Waals surface area contributed by atoms with Crippen LogP contribution >= 0.6 is 23.4 Å². The van der Waals surface area contributed by atoms with Crippen molar-refractivity contribution < 1.29 is 9.53 Å². The Bertz CT molecular complexity index is 698. The number of halogens is 1. The molecule has 2 aromatic heterocycles. The summed E-state index contributed by atoms with van der Waals surface area (Å²) in [5.41, 5.74) is 1.25. The minimum absolute atomic E-state index is 0.0588. The number of thioether (sulfide) groups is 1. The number of carbonyl (C=O) groups excluding carboxylic acids is 1. The van der Waals surface area contributed by atoms with Crippen molar-refractivity contribution in [3.8, 4) is 5.69 Å². The highest BCUT2D eigenvalue weighted by Gasteiger charge is 2.20. The Morgan fingerprint density at radius 1 is 1.50 bits per heavy atom. The summed E-state index contributed by atoms with van der Waals surface area (Å²) in [6.07, 6.45) is 5.38. The molecule has 0 aliphatic rings. The predicted octanol–water partition coefficient (Wildman–Crippen LogP) is 2.94. The lowest BCUT2D eigenvalue weighted by Crippen LogP contribution is -2.33. The van der Waals surface area contributed by atoms with Gasteiger partial charge in [-0.1, -0.05) is 18.5 Å². The molecule has 142 valence electrons. The van der Waals surface area contributed by atoms with Gasteiger partial charge < -0.3 is 9.64 Å². The van der Waals surface area contributed by atoms with E-state index in [0.29, 0.717) is 18.8 Å². The van der Waals surface area contributed by atoms with E-state index in [1.165, 1.54) is 0 Å². The van der Waals surface area contributed by atoms with E-state index in [-0.39, 0.29) is 23.0 Å². The Balaban J connectivity index is 2.03. The van der Waals surface area contributed by atoms with Gasteiger partial charge in [0, 0.05) is 12.7 Å². The summed E-state index contributed by atoms with van der Waals surface area (Å²) in [7, 11) is 1.83. The van der Waals surface area contributed by atoms with E-state index in [4.69, 9.17) is 16.3 Å². The van der Waals surface area contributed by atoms with Crippen LogP contribution in [0.25, 0.3) is 5.69 Å². The van der Waals surface area contributed by atoms with Crippen LogP contribution in [0.1, 0.15) is 20.3 Å². The molecule has 0 aliphatic carbocycles. The van der Waals surface area contributed by atoms with Crippen LogP contribution in [0.15, 0.2) is 30.7 Å². The zero-order chi connectivity index (χ0) is 18.9. The molecule has 7 nitrogen and oxygen atoms in total. The monoisotopic (exact) mass is 397 g/mol. The molecule has 1 unspecified atom stereocenters. The summed E-state index contributed by atoms with van der Waals surface area (Å²) in [5, 5.41) is 7.62. The van der Waals surface area contributed by atoms with E-state index in [1.54, 1.807) is 39.9 Å². The average molecular weight is 398 g/mol. The Labute approximate surface area is 163 Å². The number of amides is 1. The standard InChI is InChI=1S/C17H24ClN5O2S/c1-4-22(15(24)8-10-25-17(19-3)26-5-2)14-12-23(21-16(14)18)13-7-6-9-20-11-13/h6-7,9,11-12,17,19H,4-5,8,10H2,1-3H3. The Morgan fingerprint density at radius 3 is 2.92 bits per heavy atom. The molecule has 9 heteroatoms. The fraction of sp³-hybridized carbons (Fsp3) is 0.471. The summed E-state index contributed by atoms with van der Waals surface area (Å²) in [6, 6.07) is 3.69. The number of rotatable bonds is 10. The van der Waals surface area contributed by atoms with Crippen molar-refractivity contribution in [1.29, 1.82) is 0 Å². The van der Waals surface area contributed by atoms with Crippen LogP contribution in [0.2, 0.25) is 5.15 Å². The second kappa shape index (κ2) is 10.5. The molecule has 2 heterocycles. The van der Waals surface area contributed by atoms with E-state index >= 15 is 0 Å². The fourth-order valence-electron chi connectivity index (χ4n) is 2.38. The minimum Gasteiger partial charge on any atom is -0.353 e. The fourth-order valence-corrected chi connectivity index (χ4v) is 3.28. The molecular weight excluding hydrogens is 374 g/mol. The van der Waals surface area contributed by atoms with E-state index in [2.05, 4.69) is 22.3 Å². The van der Waals surface area contributed by atoms with Crippen LogP contribution in [0, 0.1) is 0 Å². The molecular formula is C17H24ClN5O2S. The summed E-state index contributed by atoms with van der Waals surface area (Å²) in [5.74, 6) is 0.875. The molecule has 0 fully saturated rings. The molecule has 0 radical (unpaired) electrons. The van der Waals surface area contributed by atoms with Crippen LogP contribution in [-0.4, -0.2) is 52.2 Å². The number of nitrogens with zero attached hydrogens (tertiary/aromatic N) is 4. The van der Waals surface area contributed by atoms with Crippen LogP contribution in [0.5, 0.6) is 0 Å². The first-order valence-electron chi connectivity index (χ1n) is 8.47.